The molecule has 0 aliphatic carbocycles. The first kappa shape index (κ1) is 22.1. The van der Waals surface area contributed by atoms with Gasteiger partial charge in [-0.15, -0.1) is 0 Å². The molecule has 5 rings (SSSR count). The van der Waals surface area contributed by atoms with Gasteiger partial charge in [-0.1, -0.05) is 11.6 Å². The zero-order chi connectivity index (χ0) is 23.5. The number of nitro benzene ring substituents is 1. The third-order valence-corrected chi connectivity index (χ3v) is 6.13. The molecular formula is C22H23ClN8O3. The maximum absolute atomic E-state index is 11.1. The van der Waals surface area contributed by atoms with E-state index < -0.39 is 4.92 Å². The highest BCUT2D eigenvalue weighted by Crippen LogP contribution is 2.32. The van der Waals surface area contributed by atoms with E-state index in [4.69, 9.17) is 16.0 Å². The number of benzene rings is 1. The molecule has 0 atom stereocenters. The quantitative estimate of drug-likeness (QED) is 0.297. The highest BCUT2D eigenvalue weighted by Gasteiger charge is 2.21. The van der Waals surface area contributed by atoms with Crippen molar-refractivity contribution in [3.05, 3.63) is 51.2 Å². The first-order chi connectivity index (χ1) is 16.6. The average Bonchev–Trinajstić information content (AvgIpc) is 3.62. The van der Waals surface area contributed by atoms with Crippen LogP contribution in [-0.2, 0) is 0 Å². The molecule has 0 spiro atoms. The molecule has 0 amide bonds. The van der Waals surface area contributed by atoms with E-state index in [1.165, 1.54) is 24.4 Å². The molecule has 2 aliphatic rings. The third kappa shape index (κ3) is 4.79. The molecule has 176 valence electrons. The van der Waals surface area contributed by atoms with Crippen molar-refractivity contribution >= 4 is 41.3 Å². The Kier molecular flexibility index (Phi) is 6.26. The van der Waals surface area contributed by atoms with E-state index in [0.717, 1.165) is 51.9 Å². The van der Waals surface area contributed by atoms with Crippen LogP contribution >= 0.6 is 11.6 Å². The van der Waals surface area contributed by atoms with Crippen molar-refractivity contribution in [2.45, 2.75) is 25.7 Å². The molecule has 2 aliphatic heterocycles. The van der Waals surface area contributed by atoms with Gasteiger partial charge in [0.25, 0.3) is 5.69 Å². The molecule has 34 heavy (non-hydrogen) atoms. The Morgan fingerprint density at radius 1 is 1.00 bits per heavy atom. The minimum atomic E-state index is -0.476. The van der Waals surface area contributed by atoms with Gasteiger partial charge in [0.2, 0.25) is 17.8 Å². The molecule has 0 bridgehead atoms. The maximum Gasteiger partial charge on any atom is 0.270 e. The molecule has 0 radical (unpaired) electrons. The highest BCUT2D eigenvalue weighted by atomic mass is 35.5. The summed E-state index contributed by atoms with van der Waals surface area (Å²) < 4.78 is 5.77. The van der Waals surface area contributed by atoms with Crippen molar-refractivity contribution in [1.29, 1.82) is 0 Å². The van der Waals surface area contributed by atoms with Gasteiger partial charge in [-0.25, -0.2) is 5.43 Å². The smallest absolute Gasteiger partial charge is 0.270 e. The molecule has 2 fully saturated rings. The van der Waals surface area contributed by atoms with Crippen LogP contribution in [-0.4, -0.2) is 52.3 Å². The van der Waals surface area contributed by atoms with Crippen LogP contribution in [0.4, 0.5) is 23.5 Å². The molecule has 11 nitrogen and oxygen atoms in total. The number of hydrogen-bond donors (Lipinski definition) is 1. The van der Waals surface area contributed by atoms with Gasteiger partial charge in [-0.3, -0.25) is 10.1 Å². The third-order valence-electron chi connectivity index (χ3n) is 5.80. The predicted octanol–water partition coefficient (Wildman–Crippen LogP) is 4.34. The van der Waals surface area contributed by atoms with E-state index in [-0.39, 0.29) is 5.69 Å². The largest absolute Gasteiger partial charge is 0.455 e. The number of hydrogen-bond acceptors (Lipinski definition) is 10. The number of hydrazone groups is 1. The molecule has 12 heteroatoms. The lowest BCUT2D eigenvalue weighted by Crippen LogP contribution is -2.25. The Morgan fingerprint density at radius 3 is 2.26 bits per heavy atom. The number of rotatable bonds is 7. The summed E-state index contributed by atoms with van der Waals surface area (Å²) in [5, 5.41) is 15.7. The number of nitrogens with zero attached hydrogens (tertiary/aromatic N) is 7. The van der Waals surface area contributed by atoms with E-state index >= 15 is 0 Å². The number of halogens is 1. The fourth-order valence-corrected chi connectivity index (χ4v) is 4.27. The second-order valence-corrected chi connectivity index (χ2v) is 8.55. The first-order valence-electron chi connectivity index (χ1n) is 11.2. The summed E-state index contributed by atoms with van der Waals surface area (Å²) in [4.78, 5) is 28.7. The van der Waals surface area contributed by atoms with Crippen LogP contribution in [0.3, 0.4) is 0 Å². The molecule has 2 saturated heterocycles. The lowest BCUT2D eigenvalue weighted by Gasteiger charge is -2.20. The van der Waals surface area contributed by atoms with Crippen LogP contribution in [0.1, 0.15) is 31.4 Å². The molecule has 1 aromatic carbocycles. The van der Waals surface area contributed by atoms with Crippen LogP contribution < -0.4 is 15.2 Å². The molecule has 4 heterocycles. The van der Waals surface area contributed by atoms with Crippen molar-refractivity contribution in [2.75, 3.05) is 41.4 Å². The second-order valence-electron chi connectivity index (χ2n) is 8.14. The minimum absolute atomic E-state index is 0.0647. The van der Waals surface area contributed by atoms with E-state index in [9.17, 15) is 10.1 Å². The lowest BCUT2D eigenvalue weighted by atomic mass is 10.1. The van der Waals surface area contributed by atoms with Gasteiger partial charge in [-0.2, -0.15) is 20.1 Å². The summed E-state index contributed by atoms with van der Waals surface area (Å²) >= 11 is 6.21. The number of nitrogens with one attached hydrogen (secondary N) is 1. The van der Waals surface area contributed by atoms with Crippen LogP contribution in [0.2, 0.25) is 5.02 Å². The Labute approximate surface area is 200 Å². The molecule has 3 aromatic rings. The normalized spacial score (nSPS) is 16.0. The number of anilines is 3. The van der Waals surface area contributed by atoms with Gasteiger partial charge >= 0.3 is 0 Å². The Balaban J connectivity index is 1.34. The molecular weight excluding hydrogens is 460 g/mol. The van der Waals surface area contributed by atoms with Crippen molar-refractivity contribution in [3.63, 3.8) is 0 Å². The van der Waals surface area contributed by atoms with Gasteiger partial charge < -0.3 is 14.2 Å². The standard InChI is InChI=1S/C22H23ClN8O3/c23-18-7-5-15(31(32)33)13-17(18)19-8-6-16(34-19)14-24-28-20-25-21(29-9-1-2-10-29)27-22(26-20)30-11-3-4-12-30/h5-8,13-14H,1-4,9-12H2,(H,25,26,27,28)/b24-14-. The first-order valence-corrected chi connectivity index (χ1v) is 11.5. The molecule has 2 aromatic heterocycles. The Bertz CT molecular complexity index is 1180. The van der Waals surface area contributed by atoms with Crippen LogP contribution in [0.25, 0.3) is 11.3 Å². The van der Waals surface area contributed by atoms with Crippen LogP contribution in [0.15, 0.2) is 39.9 Å². The molecule has 0 saturated carbocycles. The molecule has 1 N–H and O–H groups in total. The summed E-state index contributed by atoms with van der Waals surface area (Å²) in [5.41, 5.74) is 3.26. The summed E-state index contributed by atoms with van der Waals surface area (Å²) in [6.45, 7) is 3.73. The Morgan fingerprint density at radius 2 is 1.65 bits per heavy atom. The van der Waals surface area contributed by atoms with Crippen molar-refractivity contribution in [3.8, 4) is 11.3 Å². The topological polar surface area (TPSA) is 126 Å². The van der Waals surface area contributed by atoms with Gasteiger partial charge in [0.15, 0.2) is 0 Å². The summed E-state index contributed by atoms with van der Waals surface area (Å²) in [6, 6.07) is 7.59. The van der Waals surface area contributed by atoms with E-state index in [2.05, 4.69) is 35.3 Å². The zero-order valence-corrected chi connectivity index (χ0v) is 19.1. The monoisotopic (exact) mass is 482 g/mol. The number of aromatic nitrogens is 3. The number of furan rings is 1. The Hall–Kier alpha value is -3.73. The second kappa shape index (κ2) is 9.64. The SMILES string of the molecule is O=[N+]([O-])c1ccc(Cl)c(-c2ccc(/C=N\Nc3nc(N4CCCC4)nc(N4CCCC4)n3)o2)c1. The van der Waals surface area contributed by atoms with Crippen molar-refractivity contribution < 1.29 is 9.34 Å². The fourth-order valence-electron chi connectivity index (χ4n) is 4.06. The number of nitro groups is 1. The maximum atomic E-state index is 11.1. The van der Waals surface area contributed by atoms with Gasteiger partial charge in [0, 0.05) is 43.9 Å². The van der Waals surface area contributed by atoms with Crippen molar-refractivity contribution in [1.82, 2.24) is 15.0 Å². The van der Waals surface area contributed by atoms with Gasteiger partial charge in [0.1, 0.15) is 11.5 Å². The van der Waals surface area contributed by atoms with Crippen molar-refractivity contribution in [2.24, 2.45) is 5.10 Å². The van der Waals surface area contributed by atoms with E-state index in [0.29, 0.717) is 40.0 Å². The zero-order valence-electron chi connectivity index (χ0n) is 18.4. The fraction of sp³-hybridized carbons (Fsp3) is 0.364. The minimum Gasteiger partial charge on any atom is -0.455 e. The summed E-state index contributed by atoms with van der Waals surface area (Å²) in [6.07, 6.45) is 5.99. The summed E-state index contributed by atoms with van der Waals surface area (Å²) in [7, 11) is 0. The van der Waals surface area contributed by atoms with Crippen LogP contribution in [0.5, 0.6) is 0 Å². The van der Waals surface area contributed by atoms with E-state index in [1.54, 1.807) is 12.1 Å². The number of non-ortho nitro benzene ring substituents is 1. The lowest BCUT2D eigenvalue weighted by molar-refractivity contribution is -0.384. The van der Waals surface area contributed by atoms with Gasteiger partial charge in [-0.05, 0) is 43.9 Å². The van der Waals surface area contributed by atoms with Gasteiger partial charge in [0.05, 0.1) is 16.2 Å². The van der Waals surface area contributed by atoms with E-state index in [1.807, 2.05) is 0 Å². The summed E-state index contributed by atoms with van der Waals surface area (Å²) in [5.74, 6) is 2.53. The highest BCUT2D eigenvalue weighted by molar-refractivity contribution is 6.33. The van der Waals surface area contributed by atoms with Crippen LogP contribution in [0, 0.1) is 10.1 Å². The molecule has 0 unspecified atom stereocenters. The average molecular weight is 483 g/mol. The predicted molar refractivity (Wildman–Crippen MR) is 130 cm³/mol.